The molecule has 7 nitrogen and oxygen atoms in total. The summed E-state index contributed by atoms with van der Waals surface area (Å²) in [6.07, 6.45) is 8.16. The molecular weight excluding hydrogens is 490 g/mol. The number of alkyl carbamates (subject to hydrolysis) is 1. The molecule has 206 valence electrons. The lowest BCUT2D eigenvalue weighted by Crippen LogP contribution is -2.55. The van der Waals surface area contributed by atoms with Gasteiger partial charge in [0.05, 0.1) is 12.6 Å². The predicted molar refractivity (Wildman–Crippen MR) is 150 cm³/mol. The molecule has 2 atom stereocenters. The lowest BCUT2D eigenvalue weighted by molar-refractivity contribution is -0.135. The molecular formula is C32H39N3O4. The summed E-state index contributed by atoms with van der Waals surface area (Å²) >= 11 is 0. The van der Waals surface area contributed by atoms with Crippen molar-refractivity contribution in [3.8, 4) is 0 Å². The van der Waals surface area contributed by atoms with Gasteiger partial charge in [-0.05, 0) is 79.4 Å². The van der Waals surface area contributed by atoms with Gasteiger partial charge in [-0.1, -0.05) is 48.5 Å². The molecule has 2 aromatic carbocycles. The molecule has 3 N–H and O–H groups in total. The number of benzene rings is 2. The number of hydrogen-bond donors (Lipinski definition) is 3. The summed E-state index contributed by atoms with van der Waals surface area (Å²) in [5.41, 5.74) is 2.98. The molecule has 7 heteroatoms. The number of ether oxygens (including phenoxy) is 1. The second kappa shape index (κ2) is 11.0. The topological polar surface area (TPSA) is 94.7 Å². The van der Waals surface area contributed by atoms with Crippen molar-refractivity contribution in [2.24, 2.45) is 23.7 Å². The molecule has 4 fully saturated rings. The second-order valence-corrected chi connectivity index (χ2v) is 12.0. The molecule has 0 saturated heterocycles. The first-order valence-corrected chi connectivity index (χ1v) is 14.4. The van der Waals surface area contributed by atoms with E-state index in [1.54, 1.807) is 11.9 Å². The van der Waals surface area contributed by atoms with Gasteiger partial charge in [-0.15, -0.1) is 0 Å². The standard InChI is InChI=1S/C32H39N3O4/c1-35(26(19-36)16-20-7-3-2-4-8-20)31(37)29(17-25-18-33-28-10-6-5-9-27(25)28)34-32(38)39-30-23-12-21-11-22(14-23)15-24(30)13-21/h2-10,18,21-24,26,29-30,33,36H,11-17,19H2,1H3,(H,34,38)/t21?,22?,23?,24?,26-,29+,30?/m0/s1. The predicted octanol–water partition coefficient (Wildman–Crippen LogP) is 4.69. The maximum Gasteiger partial charge on any atom is 0.408 e. The summed E-state index contributed by atoms with van der Waals surface area (Å²) in [6.45, 7) is -0.171. The molecule has 0 spiro atoms. The number of aliphatic hydroxyl groups excluding tert-OH is 1. The molecule has 1 heterocycles. The van der Waals surface area contributed by atoms with E-state index >= 15 is 0 Å². The van der Waals surface area contributed by atoms with Gasteiger partial charge in [-0.3, -0.25) is 4.79 Å². The first-order chi connectivity index (χ1) is 19.0. The van der Waals surface area contributed by atoms with Crippen LogP contribution in [0.15, 0.2) is 60.8 Å². The van der Waals surface area contributed by atoms with E-state index in [4.69, 9.17) is 4.74 Å². The van der Waals surface area contributed by atoms with Crippen LogP contribution in [-0.2, 0) is 22.4 Å². The minimum Gasteiger partial charge on any atom is -0.446 e. The molecule has 7 rings (SSSR count). The van der Waals surface area contributed by atoms with Crippen LogP contribution in [0.1, 0.15) is 43.2 Å². The van der Waals surface area contributed by atoms with Crippen molar-refractivity contribution in [1.82, 2.24) is 15.2 Å². The van der Waals surface area contributed by atoms with Gasteiger partial charge in [-0.25, -0.2) is 4.79 Å². The summed E-state index contributed by atoms with van der Waals surface area (Å²) in [4.78, 5) is 32.1. The highest BCUT2D eigenvalue weighted by molar-refractivity contribution is 5.88. The van der Waals surface area contributed by atoms with E-state index in [1.807, 2.05) is 60.8 Å². The van der Waals surface area contributed by atoms with Crippen LogP contribution in [0.3, 0.4) is 0 Å². The minimum atomic E-state index is -0.816. The molecule has 1 aromatic heterocycles. The van der Waals surface area contributed by atoms with Crippen molar-refractivity contribution in [2.75, 3.05) is 13.7 Å². The summed E-state index contributed by atoms with van der Waals surface area (Å²) < 4.78 is 6.10. The quantitative estimate of drug-likeness (QED) is 0.375. The van der Waals surface area contributed by atoms with Crippen LogP contribution >= 0.6 is 0 Å². The fourth-order valence-electron chi connectivity index (χ4n) is 7.72. The van der Waals surface area contributed by atoms with E-state index < -0.39 is 18.2 Å². The molecule has 4 aliphatic rings. The van der Waals surface area contributed by atoms with E-state index in [-0.39, 0.29) is 18.6 Å². The van der Waals surface area contributed by atoms with Crippen molar-refractivity contribution in [1.29, 1.82) is 0 Å². The maximum absolute atomic E-state index is 13.9. The Morgan fingerprint density at radius 1 is 0.974 bits per heavy atom. The van der Waals surface area contributed by atoms with Gasteiger partial charge in [-0.2, -0.15) is 0 Å². The number of aromatic amines is 1. The molecule has 0 aliphatic heterocycles. The molecule has 4 aliphatic carbocycles. The third kappa shape index (κ3) is 5.42. The number of fused-ring (bicyclic) bond motifs is 1. The van der Waals surface area contributed by atoms with Gasteiger partial charge < -0.3 is 25.0 Å². The van der Waals surface area contributed by atoms with Crippen LogP contribution in [0.5, 0.6) is 0 Å². The third-order valence-corrected chi connectivity index (χ3v) is 9.49. The summed E-state index contributed by atoms with van der Waals surface area (Å²) in [5.74, 6) is 2.24. The number of rotatable bonds is 9. The largest absolute Gasteiger partial charge is 0.446 e. The summed E-state index contributed by atoms with van der Waals surface area (Å²) in [6, 6.07) is 16.6. The second-order valence-electron chi connectivity index (χ2n) is 12.0. The Bertz CT molecular complexity index is 1280. The number of aromatic nitrogens is 1. The Labute approximate surface area is 229 Å². The number of aliphatic hydroxyl groups is 1. The van der Waals surface area contributed by atoms with E-state index in [0.29, 0.717) is 24.7 Å². The number of hydrogen-bond acceptors (Lipinski definition) is 4. The highest BCUT2D eigenvalue weighted by Crippen LogP contribution is 2.54. The molecule has 39 heavy (non-hydrogen) atoms. The van der Waals surface area contributed by atoms with E-state index in [0.717, 1.165) is 59.5 Å². The number of amides is 2. The number of para-hydroxylation sites is 1. The molecule has 3 aromatic rings. The first-order valence-electron chi connectivity index (χ1n) is 14.4. The normalized spacial score (nSPS) is 26.8. The fourth-order valence-corrected chi connectivity index (χ4v) is 7.72. The van der Waals surface area contributed by atoms with Crippen LogP contribution in [0.4, 0.5) is 4.79 Å². The van der Waals surface area contributed by atoms with Crippen LogP contribution in [0.25, 0.3) is 10.9 Å². The van der Waals surface area contributed by atoms with Crippen molar-refractivity contribution >= 4 is 22.9 Å². The Balaban J connectivity index is 1.19. The van der Waals surface area contributed by atoms with Crippen LogP contribution in [0.2, 0.25) is 0 Å². The summed E-state index contributed by atoms with van der Waals surface area (Å²) in [5, 5.41) is 14.2. The first kappa shape index (κ1) is 25.9. The average Bonchev–Trinajstić information content (AvgIpc) is 3.35. The number of likely N-dealkylation sites (N-methyl/N-ethyl adjacent to an activating group) is 1. The van der Waals surface area contributed by atoms with Crippen molar-refractivity contribution in [3.05, 3.63) is 71.9 Å². The van der Waals surface area contributed by atoms with E-state index in [9.17, 15) is 14.7 Å². The molecule has 4 bridgehead atoms. The molecule has 2 amide bonds. The Morgan fingerprint density at radius 3 is 2.33 bits per heavy atom. The fraction of sp³-hybridized carbons (Fsp3) is 0.500. The Morgan fingerprint density at radius 2 is 1.64 bits per heavy atom. The van der Waals surface area contributed by atoms with Gasteiger partial charge in [0.2, 0.25) is 5.91 Å². The zero-order valence-corrected chi connectivity index (χ0v) is 22.6. The number of nitrogens with zero attached hydrogens (tertiary/aromatic N) is 1. The lowest BCUT2D eigenvalue weighted by Gasteiger charge is -2.53. The van der Waals surface area contributed by atoms with Gasteiger partial charge >= 0.3 is 6.09 Å². The average molecular weight is 530 g/mol. The highest BCUT2D eigenvalue weighted by atomic mass is 16.6. The Hall–Kier alpha value is -3.32. The molecule has 4 saturated carbocycles. The highest BCUT2D eigenvalue weighted by Gasteiger charge is 2.50. The zero-order chi connectivity index (χ0) is 26.9. The van der Waals surface area contributed by atoms with Crippen molar-refractivity contribution in [2.45, 2.75) is 63.1 Å². The number of carbonyl (C=O) groups excluding carboxylic acids is 2. The van der Waals surface area contributed by atoms with Crippen molar-refractivity contribution in [3.63, 3.8) is 0 Å². The van der Waals surface area contributed by atoms with E-state index in [1.165, 1.54) is 6.42 Å². The number of carbonyl (C=O) groups is 2. The lowest BCUT2D eigenvalue weighted by atomic mass is 9.55. The van der Waals surface area contributed by atoms with Gasteiger partial charge in [0, 0.05) is 30.6 Å². The summed E-state index contributed by atoms with van der Waals surface area (Å²) in [7, 11) is 1.71. The smallest absolute Gasteiger partial charge is 0.408 e. The van der Waals surface area contributed by atoms with Crippen LogP contribution in [0, 0.1) is 23.7 Å². The molecule has 0 radical (unpaired) electrons. The molecule has 0 unspecified atom stereocenters. The van der Waals surface area contributed by atoms with Gasteiger partial charge in [0.25, 0.3) is 0 Å². The van der Waals surface area contributed by atoms with E-state index in [2.05, 4.69) is 10.3 Å². The van der Waals surface area contributed by atoms with Gasteiger partial charge in [0.1, 0.15) is 12.1 Å². The number of nitrogens with one attached hydrogen (secondary N) is 2. The minimum absolute atomic E-state index is 0.0531. The van der Waals surface area contributed by atoms with Crippen LogP contribution < -0.4 is 5.32 Å². The zero-order valence-electron chi connectivity index (χ0n) is 22.6. The Kier molecular flexibility index (Phi) is 7.34. The van der Waals surface area contributed by atoms with Crippen molar-refractivity contribution < 1.29 is 19.4 Å². The third-order valence-electron chi connectivity index (χ3n) is 9.49. The van der Waals surface area contributed by atoms with Gasteiger partial charge in [0.15, 0.2) is 0 Å². The monoisotopic (exact) mass is 529 g/mol. The maximum atomic E-state index is 13.9. The SMILES string of the molecule is CN(C(=O)[C@@H](Cc1c[nH]c2ccccc12)NC(=O)OC1C2CC3CC(C2)CC1C3)[C@H](CO)Cc1ccccc1. The van der Waals surface area contributed by atoms with Crippen LogP contribution in [-0.4, -0.2) is 58.8 Å². The number of H-pyrrole nitrogens is 1.